The summed E-state index contributed by atoms with van der Waals surface area (Å²) in [5.41, 5.74) is -0.327. The van der Waals surface area contributed by atoms with Gasteiger partial charge in [0.15, 0.2) is 5.13 Å². The molecule has 9 heteroatoms. The van der Waals surface area contributed by atoms with Crippen molar-refractivity contribution in [1.82, 2.24) is 9.88 Å². The van der Waals surface area contributed by atoms with Crippen molar-refractivity contribution in [2.75, 3.05) is 11.9 Å². The summed E-state index contributed by atoms with van der Waals surface area (Å²) in [4.78, 5) is 39.5. The third-order valence-electron chi connectivity index (χ3n) is 3.21. The van der Waals surface area contributed by atoms with Crippen LogP contribution in [0.3, 0.4) is 0 Å². The highest BCUT2D eigenvalue weighted by Gasteiger charge is 2.39. The Kier molecular flexibility index (Phi) is 3.95. The molecule has 1 N–H and O–H groups in total. The molecule has 8 nitrogen and oxygen atoms in total. The van der Waals surface area contributed by atoms with Gasteiger partial charge in [0.2, 0.25) is 11.8 Å². The summed E-state index contributed by atoms with van der Waals surface area (Å²) in [6.07, 6.45) is 1.25. The Morgan fingerprint density at radius 1 is 1.57 bits per heavy atom. The van der Waals surface area contributed by atoms with Gasteiger partial charge in [-0.3, -0.25) is 19.7 Å². The number of likely N-dealkylation sites (tertiary alicyclic amines) is 1. The second kappa shape index (κ2) is 5.40. The largest absolute Gasteiger partial charge is 0.345 e. The van der Waals surface area contributed by atoms with Crippen LogP contribution < -0.4 is 5.32 Å². The highest BCUT2D eigenvalue weighted by Crippen LogP contribution is 2.29. The van der Waals surface area contributed by atoms with Crippen LogP contribution in [-0.2, 0) is 9.59 Å². The first-order valence-corrected chi connectivity index (χ1v) is 7.21. The predicted octanol–water partition coefficient (Wildman–Crippen LogP) is 1.64. The maximum Gasteiger partial charge on any atom is 0.345 e. The summed E-state index contributed by atoms with van der Waals surface area (Å²) < 4.78 is 0. The van der Waals surface area contributed by atoms with Gasteiger partial charge >= 0.3 is 5.00 Å². The van der Waals surface area contributed by atoms with Crippen LogP contribution in [0.1, 0.15) is 27.2 Å². The number of nitrogens with one attached hydrogen (secondary N) is 1. The van der Waals surface area contributed by atoms with Gasteiger partial charge in [0.1, 0.15) is 6.20 Å². The molecule has 2 heterocycles. The standard InChI is InChI=1S/C12H16N4O4S/c1-12(2,3)15-6-7(4-8(15)17)10(18)14-11-13-5-9(21-11)16(19)20/h5,7H,4,6H2,1-3H3,(H,13,14,18). The van der Waals surface area contributed by atoms with Crippen LogP contribution in [0, 0.1) is 16.0 Å². The number of aromatic nitrogens is 1. The number of nitro groups is 1. The number of rotatable bonds is 3. The minimum atomic E-state index is -0.562. The number of nitrogens with zero attached hydrogens (tertiary/aromatic N) is 3. The highest BCUT2D eigenvalue weighted by molar-refractivity contribution is 7.18. The van der Waals surface area contributed by atoms with Crippen molar-refractivity contribution >= 4 is 33.3 Å². The van der Waals surface area contributed by atoms with Crippen LogP contribution in [0.2, 0.25) is 0 Å². The van der Waals surface area contributed by atoms with Gasteiger partial charge in [0.25, 0.3) is 0 Å². The number of thiazole rings is 1. The molecule has 1 aromatic heterocycles. The van der Waals surface area contributed by atoms with Crippen molar-refractivity contribution in [2.45, 2.75) is 32.7 Å². The third-order valence-corrected chi connectivity index (χ3v) is 4.07. The molecular formula is C12H16N4O4S. The van der Waals surface area contributed by atoms with E-state index in [1.165, 1.54) is 0 Å². The van der Waals surface area contributed by atoms with E-state index in [1.54, 1.807) is 4.90 Å². The lowest BCUT2D eigenvalue weighted by Crippen LogP contribution is -2.42. The lowest BCUT2D eigenvalue weighted by molar-refractivity contribution is -0.380. The Hall–Kier alpha value is -2.03. The number of amides is 2. The molecule has 0 bridgehead atoms. The quantitative estimate of drug-likeness (QED) is 0.674. The summed E-state index contributed by atoms with van der Waals surface area (Å²) in [5.74, 6) is -0.855. The molecule has 2 rings (SSSR count). The van der Waals surface area contributed by atoms with Gasteiger partial charge in [-0.2, -0.15) is 0 Å². The molecule has 1 saturated heterocycles. The van der Waals surface area contributed by atoms with Crippen LogP contribution in [0.4, 0.5) is 10.1 Å². The maximum atomic E-state index is 12.1. The van der Waals surface area contributed by atoms with Crippen LogP contribution in [-0.4, -0.2) is 38.7 Å². The first kappa shape index (κ1) is 15.4. The molecule has 1 aromatic rings. The molecule has 1 fully saturated rings. The van der Waals surface area contributed by atoms with E-state index in [2.05, 4.69) is 10.3 Å². The van der Waals surface area contributed by atoms with Crippen LogP contribution >= 0.6 is 11.3 Å². The fourth-order valence-corrected chi connectivity index (χ4v) is 2.78. The van der Waals surface area contributed by atoms with E-state index < -0.39 is 10.8 Å². The van der Waals surface area contributed by atoms with Gasteiger partial charge in [-0.05, 0) is 32.1 Å². The molecule has 0 radical (unpaired) electrons. The number of carbonyl (C=O) groups is 2. The first-order chi connectivity index (χ1) is 9.68. The summed E-state index contributed by atoms with van der Waals surface area (Å²) in [7, 11) is 0. The average Bonchev–Trinajstić information content (AvgIpc) is 2.94. The van der Waals surface area contributed by atoms with E-state index in [-0.39, 0.29) is 33.9 Å². The number of carbonyl (C=O) groups excluding carboxylic acids is 2. The first-order valence-electron chi connectivity index (χ1n) is 6.40. The van der Waals surface area contributed by atoms with E-state index in [9.17, 15) is 19.7 Å². The Morgan fingerprint density at radius 3 is 2.71 bits per heavy atom. The summed E-state index contributed by atoms with van der Waals surface area (Å²) in [6, 6.07) is 0. The lowest BCUT2D eigenvalue weighted by Gasteiger charge is -2.31. The second-order valence-electron chi connectivity index (χ2n) is 5.83. The molecule has 1 aliphatic rings. The zero-order valence-electron chi connectivity index (χ0n) is 12.0. The van der Waals surface area contributed by atoms with Gasteiger partial charge in [-0.15, -0.1) is 0 Å². The zero-order valence-corrected chi connectivity index (χ0v) is 12.8. The minimum absolute atomic E-state index is 0.0623. The van der Waals surface area contributed by atoms with Gasteiger partial charge in [0, 0.05) is 18.5 Å². The predicted molar refractivity (Wildman–Crippen MR) is 77.0 cm³/mol. The molecule has 0 spiro atoms. The topological polar surface area (TPSA) is 105 Å². The molecule has 0 aromatic carbocycles. The fourth-order valence-electron chi connectivity index (χ4n) is 2.15. The van der Waals surface area contributed by atoms with Crippen molar-refractivity contribution in [3.8, 4) is 0 Å². The van der Waals surface area contributed by atoms with Crippen LogP contribution in [0.25, 0.3) is 0 Å². The molecule has 1 atom stereocenters. The van der Waals surface area contributed by atoms with Crippen LogP contribution in [0.5, 0.6) is 0 Å². The summed E-state index contributed by atoms with van der Waals surface area (Å²) >= 11 is 0.795. The molecule has 21 heavy (non-hydrogen) atoms. The Bertz CT molecular complexity index is 592. The van der Waals surface area contributed by atoms with Gasteiger partial charge in [-0.25, -0.2) is 4.98 Å². The minimum Gasteiger partial charge on any atom is -0.337 e. The summed E-state index contributed by atoms with van der Waals surface area (Å²) in [5, 5.41) is 13.1. The van der Waals surface area contributed by atoms with Crippen LogP contribution in [0.15, 0.2) is 6.20 Å². The average molecular weight is 312 g/mol. The van der Waals surface area contributed by atoms with E-state index in [1.807, 2.05) is 20.8 Å². The van der Waals surface area contributed by atoms with Crippen molar-refractivity contribution < 1.29 is 14.5 Å². The lowest BCUT2D eigenvalue weighted by atomic mass is 10.1. The van der Waals surface area contributed by atoms with Crippen molar-refractivity contribution in [2.24, 2.45) is 5.92 Å². The molecule has 2 amide bonds. The number of hydrogen-bond acceptors (Lipinski definition) is 6. The molecule has 1 aliphatic heterocycles. The Labute approximate surface area is 125 Å². The van der Waals surface area contributed by atoms with Crippen molar-refractivity contribution in [1.29, 1.82) is 0 Å². The van der Waals surface area contributed by atoms with E-state index in [0.717, 1.165) is 17.5 Å². The van der Waals surface area contributed by atoms with Crippen molar-refractivity contribution in [3.05, 3.63) is 16.3 Å². The van der Waals surface area contributed by atoms with E-state index >= 15 is 0 Å². The van der Waals surface area contributed by atoms with E-state index in [4.69, 9.17) is 0 Å². The monoisotopic (exact) mass is 312 g/mol. The molecule has 114 valence electrons. The molecular weight excluding hydrogens is 296 g/mol. The molecule has 1 unspecified atom stereocenters. The Balaban J connectivity index is 2.01. The van der Waals surface area contributed by atoms with Crippen molar-refractivity contribution in [3.63, 3.8) is 0 Å². The van der Waals surface area contributed by atoms with E-state index in [0.29, 0.717) is 6.54 Å². The number of hydrogen-bond donors (Lipinski definition) is 1. The third kappa shape index (κ3) is 3.35. The van der Waals surface area contributed by atoms with Gasteiger partial charge in [0.05, 0.1) is 10.8 Å². The maximum absolute atomic E-state index is 12.1. The normalized spacial score (nSPS) is 18.9. The smallest absolute Gasteiger partial charge is 0.337 e. The molecule has 0 aliphatic carbocycles. The second-order valence-corrected chi connectivity index (χ2v) is 6.84. The zero-order chi connectivity index (χ0) is 15.8. The fraction of sp³-hybridized carbons (Fsp3) is 0.583. The Morgan fingerprint density at radius 2 is 2.24 bits per heavy atom. The van der Waals surface area contributed by atoms with Gasteiger partial charge < -0.3 is 10.2 Å². The summed E-state index contributed by atoms with van der Waals surface area (Å²) in [6.45, 7) is 6.09. The highest BCUT2D eigenvalue weighted by atomic mass is 32.1. The number of anilines is 1. The SMILES string of the molecule is CC(C)(C)N1CC(C(=O)Nc2ncc([N+](=O)[O-])s2)CC1=O. The van der Waals surface area contributed by atoms with Gasteiger partial charge in [-0.1, -0.05) is 0 Å². The molecule has 0 saturated carbocycles.